The van der Waals surface area contributed by atoms with Crippen LogP contribution >= 0.6 is 0 Å². The Morgan fingerprint density at radius 1 is 1.38 bits per heavy atom. The smallest absolute Gasteiger partial charge is 0.242 e. The molecule has 0 radical (unpaired) electrons. The van der Waals surface area contributed by atoms with Crippen LogP contribution in [0.5, 0.6) is 0 Å². The summed E-state index contributed by atoms with van der Waals surface area (Å²) in [5, 5.41) is 0. The number of likely N-dealkylation sites (N-methyl/N-ethyl adjacent to an activating group) is 1. The first-order valence-corrected chi connectivity index (χ1v) is 5.56. The molecule has 2 rings (SSSR count). The number of furan rings is 1. The van der Waals surface area contributed by atoms with Gasteiger partial charge in [-0.15, -0.1) is 0 Å². The normalized spacial score (nSPS) is 10.9. The molecule has 0 unspecified atom stereocenters. The van der Waals surface area contributed by atoms with Crippen LogP contribution in [0.1, 0.15) is 13.8 Å². The highest BCUT2D eigenvalue weighted by molar-refractivity contribution is 5.80. The number of rotatable bonds is 4. The van der Waals surface area contributed by atoms with Crippen molar-refractivity contribution in [3.63, 3.8) is 0 Å². The van der Waals surface area contributed by atoms with Crippen molar-refractivity contribution < 1.29 is 9.21 Å². The predicted octanol–water partition coefficient (Wildman–Crippen LogP) is 2.10. The van der Waals surface area contributed by atoms with Crippen molar-refractivity contribution in [1.82, 2.24) is 9.47 Å². The minimum atomic E-state index is 0.142. The van der Waals surface area contributed by atoms with Gasteiger partial charge in [0.05, 0.1) is 11.8 Å². The second-order valence-corrected chi connectivity index (χ2v) is 3.68. The Hall–Kier alpha value is -1.71. The minimum absolute atomic E-state index is 0.142. The number of carbonyl (C=O) groups excluding carboxylic acids is 1. The molecule has 0 saturated carbocycles. The zero-order valence-corrected chi connectivity index (χ0v) is 9.64. The number of aromatic nitrogens is 1. The highest BCUT2D eigenvalue weighted by Crippen LogP contribution is 2.16. The van der Waals surface area contributed by atoms with Gasteiger partial charge >= 0.3 is 0 Å². The summed E-state index contributed by atoms with van der Waals surface area (Å²) in [5.41, 5.74) is 1.80. The molecule has 16 heavy (non-hydrogen) atoms. The maximum Gasteiger partial charge on any atom is 0.242 e. The van der Waals surface area contributed by atoms with E-state index in [-0.39, 0.29) is 5.91 Å². The lowest BCUT2D eigenvalue weighted by atomic mass is 10.4. The summed E-state index contributed by atoms with van der Waals surface area (Å²) in [6, 6.07) is 3.76. The molecule has 0 fully saturated rings. The molecule has 0 saturated heterocycles. The van der Waals surface area contributed by atoms with Gasteiger partial charge < -0.3 is 13.9 Å². The van der Waals surface area contributed by atoms with E-state index >= 15 is 0 Å². The summed E-state index contributed by atoms with van der Waals surface area (Å²) in [7, 11) is 0. The summed E-state index contributed by atoms with van der Waals surface area (Å²) in [5.74, 6) is 0.142. The zero-order valence-electron chi connectivity index (χ0n) is 9.64. The van der Waals surface area contributed by atoms with Crippen molar-refractivity contribution in [2.24, 2.45) is 0 Å². The summed E-state index contributed by atoms with van der Waals surface area (Å²) < 4.78 is 7.16. The Morgan fingerprint density at radius 3 is 2.81 bits per heavy atom. The van der Waals surface area contributed by atoms with Crippen molar-refractivity contribution >= 4 is 17.0 Å². The fourth-order valence-corrected chi connectivity index (χ4v) is 1.87. The molecular weight excluding hydrogens is 204 g/mol. The molecule has 0 aromatic carbocycles. The quantitative estimate of drug-likeness (QED) is 0.791. The van der Waals surface area contributed by atoms with Crippen molar-refractivity contribution in [3.05, 3.63) is 24.6 Å². The van der Waals surface area contributed by atoms with Crippen LogP contribution in [0.25, 0.3) is 11.1 Å². The Kier molecular flexibility index (Phi) is 2.99. The van der Waals surface area contributed by atoms with Gasteiger partial charge in [0.15, 0.2) is 5.58 Å². The highest BCUT2D eigenvalue weighted by atomic mass is 16.3. The van der Waals surface area contributed by atoms with E-state index in [0.717, 1.165) is 24.2 Å². The number of amides is 1. The molecule has 0 atom stereocenters. The molecule has 0 bridgehead atoms. The van der Waals surface area contributed by atoms with E-state index < -0.39 is 0 Å². The molecule has 86 valence electrons. The van der Waals surface area contributed by atoms with E-state index in [0.29, 0.717) is 6.54 Å². The van der Waals surface area contributed by atoms with E-state index in [1.54, 1.807) is 6.26 Å². The molecule has 0 aliphatic rings. The van der Waals surface area contributed by atoms with E-state index in [1.165, 1.54) is 0 Å². The van der Waals surface area contributed by atoms with Gasteiger partial charge in [-0.05, 0) is 19.9 Å². The molecule has 0 aliphatic heterocycles. The first kappa shape index (κ1) is 10.8. The van der Waals surface area contributed by atoms with Gasteiger partial charge in [0.1, 0.15) is 6.54 Å². The van der Waals surface area contributed by atoms with Gasteiger partial charge in [0.25, 0.3) is 0 Å². The predicted molar refractivity (Wildman–Crippen MR) is 62.1 cm³/mol. The molecule has 4 nitrogen and oxygen atoms in total. The Balaban J connectivity index is 2.16. The number of hydrogen-bond acceptors (Lipinski definition) is 2. The lowest BCUT2D eigenvalue weighted by molar-refractivity contribution is -0.131. The average Bonchev–Trinajstić information content (AvgIpc) is 2.85. The number of fused-ring (bicyclic) bond motifs is 1. The lowest BCUT2D eigenvalue weighted by Gasteiger charge is -2.18. The molecule has 2 heterocycles. The Bertz CT molecular complexity index is 480. The zero-order chi connectivity index (χ0) is 11.5. The monoisotopic (exact) mass is 220 g/mol. The van der Waals surface area contributed by atoms with Gasteiger partial charge in [-0.2, -0.15) is 0 Å². The topological polar surface area (TPSA) is 38.4 Å². The van der Waals surface area contributed by atoms with Gasteiger partial charge in [-0.1, -0.05) is 0 Å². The molecule has 2 aromatic rings. The van der Waals surface area contributed by atoms with Crippen LogP contribution in [0.3, 0.4) is 0 Å². The molecule has 4 heteroatoms. The van der Waals surface area contributed by atoms with Crippen LogP contribution in [-0.4, -0.2) is 28.5 Å². The standard InChI is InChI=1S/C12H16N2O2/c1-3-13(4-2)12(15)9-14-7-5-11-10(14)6-8-16-11/h5-8H,3-4,9H2,1-2H3. The van der Waals surface area contributed by atoms with Crippen molar-refractivity contribution in [1.29, 1.82) is 0 Å². The van der Waals surface area contributed by atoms with E-state index in [4.69, 9.17) is 4.42 Å². The van der Waals surface area contributed by atoms with Crippen LogP contribution < -0.4 is 0 Å². The van der Waals surface area contributed by atoms with Crippen molar-refractivity contribution in [2.75, 3.05) is 13.1 Å². The van der Waals surface area contributed by atoms with Crippen LogP contribution in [0, 0.1) is 0 Å². The Labute approximate surface area is 94.4 Å². The van der Waals surface area contributed by atoms with Gasteiger partial charge in [0.2, 0.25) is 5.91 Å². The first-order chi connectivity index (χ1) is 7.76. The van der Waals surface area contributed by atoms with E-state index in [2.05, 4.69) is 0 Å². The van der Waals surface area contributed by atoms with Crippen LogP contribution in [0.4, 0.5) is 0 Å². The maximum atomic E-state index is 11.9. The lowest BCUT2D eigenvalue weighted by Crippen LogP contribution is -2.33. The van der Waals surface area contributed by atoms with E-state index in [9.17, 15) is 4.79 Å². The molecule has 2 aromatic heterocycles. The summed E-state index contributed by atoms with van der Waals surface area (Å²) in [6.07, 6.45) is 3.53. The fraction of sp³-hybridized carbons (Fsp3) is 0.417. The van der Waals surface area contributed by atoms with Crippen LogP contribution in [-0.2, 0) is 11.3 Å². The maximum absolute atomic E-state index is 11.9. The third-order valence-electron chi connectivity index (χ3n) is 2.81. The van der Waals surface area contributed by atoms with Crippen LogP contribution in [0.15, 0.2) is 29.0 Å². The summed E-state index contributed by atoms with van der Waals surface area (Å²) in [6.45, 7) is 5.87. The molecule has 1 amide bonds. The van der Waals surface area contributed by atoms with Gasteiger partial charge in [-0.3, -0.25) is 4.79 Å². The number of carbonyl (C=O) groups is 1. The molecule has 0 N–H and O–H groups in total. The summed E-state index contributed by atoms with van der Waals surface area (Å²) in [4.78, 5) is 13.7. The molecular formula is C12H16N2O2. The van der Waals surface area contributed by atoms with E-state index in [1.807, 2.05) is 41.6 Å². The number of nitrogens with zero attached hydrogens (tertiary/aromatic N) is 2. The largest absolute Gasteiger partial charge is 0.463 e. The third kappa shape index (κ3) is 1.83. The second kappa shape index (κ2) is 4.43. The SMILES string of the molecule is CCN(CC)C(=O)Cn1ccc2occc21. The minimum Gasteiger partial charge on any atom is -0.463 e. The Morgan fingerprint density at radius 2 is 2.12 bits per heavy atom. The fourth-order valence-electron chi connectivity index (χ4n) is 1.87. The molecule has 0 spiro atoms. The van der Waals surface area contributed by atoms with Gasteiger partial charge in [-0.25, -0.2) is 0 Å². The second-order valence-electron chi connectivity index (χ2n) is 3.68. The highest BCUT2D eigenvalue weighted by Gasteiger charge is 2.12. The van der Waals surface area contributed by atoms with Crippen molar-refractivity contribution in [2.45, 2.75) is 20.4 Å². The molecule has 0 aliphatic carbocycles. The summed E-state index contributed by atoms with van der Waals surface area (Å²) >= 11 is 0. The third-order valence-corrected chi connectivity index (χ3v) is 2.81. The van der Waals surface area contributed by atoms with Gasteiger partial charge in [0, 0.05) is 25.4 Å². The number of hydrogen-bond donors (Lipinski definition) is 0. The van der Waals surface area contributed by atoms with Crippen LogP contribution in [0.2, 0.25) is 0 Å². The average molecular weight is 220 g/mol. The van der Waals surface area contributed by atoms with Crippen molar-refractivity contribution in [3.8, 4) is 0 Å². The first-order valence-electron chi connectivity index (χ1n) is 5.56.